The molecule has 3 rings (SSSR count). The van der Waals surface area contributed by atoms with Gasteiger partial charge in [-0.25, -0.2) is 0 Å². The molecule has 0 radical (unpaired) electrons. The molecule has 1 aromatic heterocycles. The highest BCUT2D eigenvalue weighted by atomic mass is 32.1. The van der Waals surface area contributed by atoms with Crippen LogP contribution >= 0.6 is 11.3 Å². The van der Waals surface area contributed by atoms with E-state index < -0.39 is 0 Å². The van der Waals surface area contributed by atoms with Crippen molar-refractivity contribution in [3.8, 4) is 0 Å². The first-order valence-corrected chi connectivity index (χ1v) is 8.97. The molecule has 1 amide bonds. The molecule has 2 fully saturated rings. The normalized spacial score (nSPS) is 25.2. The van der Waals surface area contributed by atoms with Crippen LogP contribution in [0.1, 0.15) is 23.8 Å². The van der Waals surface area contributed by atoms with Gasteiger partial charge in [-0.1, -0.05) is 6.07 Å². The van der Waals surface area contributed by atoms with E-state index in [1.54, 1.807) is 11.3 Å². The van der Waals surface area contributed by atoms with E-state index in [9.17, 15) is 4.79 Å². The molecular formula is C16H25N3O2S. The molecule has 5 nitrogen and oxygen atoms in total. The van der Waals surface area contributed by atoms with Crippen LogP contribution in [0.25, 0.3) is 0 Å². The molecule has 22 heavy (non-hydrogen) atoms. The largest absolute Gasteiger partial charge is 0.368 e. The summed E-state index contributed by atoms with van der Waals surface area (Å²) in [5.74, 6) is 0.0492. The van der Waals surface area contributed by atoms with Crippen molar-refractivity contribution in [1.29, 1.82) is 0 Å². The number of rotatable bonds is 5. The van der Waals surface area contributed by atoms with Crippen LogP contribution in [0.4, 0.5) is 0 Å². The van der Waals surface area contributed by atoms with Crippen molar-refractivity contribution in [3.05, 3.63) is 22.4 Å². The molecule has 0 unspecified atom stereocenters. The molecule has 2 aliphatic heterocycles. The summed E-state index contributed by atoms with van der Waals surface area (Å²) in [4.78, 5) is 18.4. The first kappa shape index (κ1) is 15.9. The molecule has 122 valence electrons. The molecule has 2 atom stereocenters. The Hall–Kier alpha value is -0.950. The molecule has 2 saturated heterocycles. The van der Waals surface area contributed by atoms with Gasteiger partial charge in [-0.3, -0.25) is 9.69 Å². The molecular weight excluding hydrogens is 298 g/mol. The van der Waals surface area contributed by atoms with E-state index in [1.807, 2.05) is 0 Å². The van der Waals surface area contributed by atoms with Gasteiger partial charge >= 0.3 is 0 Å². The van der Waals surface area contributed by atoms with Crippen LogP contribution < -0.4 is 5.32 Å². The number of piperazine rings is 1. The smallest absolute Gasteiger partial charge is 0.249 e. The fraction of sp³-hybridized carbons (Fsp3) is 0.688. The minimum absolute atomic E-state index is 0.0492. The summed E-state index contributed by atoms with van der Waals surface area (Å²) < 4.78 is 5.47. The van der Waals surface area contributed by atoms with Crippen molar-refractivity contribution < 1.29 is 9.53 Å². The van der Waals surface area contributed by atoms with Crippen LogP contribution in [0.15, 0.2) is 17.5 Å². The molecule has 6 heteroatoms. The number of carbonyl (C=O) groups excluding carboxylic acids is 1. The van der Waals surface area contributed by atoms with E-state index >= 15 is 0 Å². The van der Waals surface area contributed by atoms with E-state index in [-0.39, 0.29) is 18.1 Å². The van der Waals surface area contributed by atoms with Gasteiger partial charge in [-0.05, 0) is 31.3 Å². The molecule has 0 spiro atoms. The second-order valence-corrected chi connectivity index (χ2v) is 7.10. The maximum atomic E-state index is 12.2. The fourth-order valence-electron chi connectivity index (χ4n) is 3.12. The van der Waals surface area contributed by atoms with E-state index in [4.69, 9.17) is 4.74 Å². The number of nitrogens with one attached hydrogen (secondary N) is 1. The van der Waals surface area contributed by atoms with Gasteiger partial charge in [-0.2, -0.15) is 0 Å². The zero-order valence-electron chi connectivity index (χ0n) is 13.2. The van der Waals surface area contributed by atoms with E-state index in [2.05, 4.69) is 39.7 Å². The van der Waals surface area contributed by atoms with E-state index in [0.29, 0.717) is 13.2 Å². The molecule has 0 aromatic carbocycles. The Labute approximate surface area is 136 Å². The number of hydrogen-bond donors (Lipinski definition) is 1. The Morgan fingerprint density at radius 2 is 2.27 bits per heavy atom. The maximum absolute atomic E-state index is 12.2. The van der Waals surface area contributed by atoms with Gasteiger partial charge in [0.2, 0.25) is 5.91 Å². The van der Waals surface area contributed by atoms with Crippen molar-refractivity contribution >= 4 is 17.2 Å². The van der Waals surface area contributed by atoms with Gasteiger partial charge in [-0.15, -0.1) is 11.3 Å². The molecule has 1 aromatic rings. The zero-order chi connectivity index (χ0) is 15.4. The highest BCUT2D eigenvalue weighted by molar-refractivity contribution is 7.10. The van der Waals surface area contributed by atoms with Gasteiger partial charge in [0, 0.05) is 44.2 Å². The minimum Gasteiger partial charge on any atom is -0.368 e. The van der Waals surface area contributed by atoms with Crippen molar-refractivity contribution in [2.45, 2.75) is 25.0 Å². The third-order valence-electron chi connectivity index (χ3n) is 4.54. The number of thiophene rings is 1. The van der Waals surface area contributed by atoms with Crippen LogP contribution in [0.3, 0.4) is 0 Å². The lowest BCUT2D eigenvalue weighted by Gasteiger charge is -2.37. The SMILES string of the molecule is CN1CCN([C@H](CNC(=O)[C@H]2CCCO2)c2cccs2)CC1. The second-order valence-electron chi connectivity index (χ2n) is 6.12. The van der Waals surface area contributed by atoms with E-state index in [1.165, 1.54) is 4.88 Å². The number of amides is 1. The molecule has 0 aliphatic carbocycles. The first-order chi connectivity index (χ1) is 10.7. The van der Waals surface area contributed by atoms with Crippen molar-refractivity contribution in [2.24, 2.45) is 0 Å². The Morgan fingerprint density at radius 1 is 1.45 bits per heavy atom. The summed E-state index contributed by atoms with van der Waals surface area (Å²) in [6.45, 7) is 5.65. The van der Waals surface area contributed by atoms with Gasteiger partial charge < -0.3 is 15.0 Å². The predicted octanol–water partition coefficient (Wildman–Crippen LogP) is 1.33. The minimum atomic E-state index is -0.239. The quantitative estimate of drug-likeness (QED) is 0.888. The van der Waals surface area contributed by atoms with Crippen LogP contribution in [0.5, 0.6) is 0 Å². The van der Waals surface area contributed by atoms with Crippen LogP contribution in [0.2, 0.25) is 0 Å². The average Bonchev–Trinajstić information content (AvgIpc) is 3.22. The molecule has 3 heterocycles. The van der Waals surface area contributed by atoms with Crippen molar-refractivity contribution in [3.63, 3.8) is 0 Å². The van der Waals surface area contributed by atoms with E-state index in [0.717, 1.165) is 39.0 Å². The summed E-state index contributed by atoms with van der Waals surface area (Å²) >= 11 is 1.77. The van der Waals surface area contributed by atoms with Crippen molar-refractivity contribution in [1.82, 2.24) is 15.1 Å². The Kier molecular flexibility index (Phi) is 5.46. The predicted molar refractivity (Wildman–Crippen MR) is 88.1 cm³/mol. The molecule has 1 N–H and O–H groups in total. The number of likely N-dealkylation sites (N-methyl/N-ethyl adjacent to an activating group) is 1. The molecule has 2 aliphatic rings. The lowest BCUT2D eigenvalue weighted by Crippen LogP contribution is -2.49. The van der Waals surface area contributed by atoms with Gasteiger partial charge in [0.1, 0.15) is 6.10 Å². The summed E-state index contributed by atoms with van der Waals surface area (Å²) in [6, 6.07) is 4.54. The van der Waals surface area contributed by atoms with Crippen LogP contribution in [-0.2, 0) is 9.53 Å². The summed E-state index contributed by atoms with van der Waals surface area (Å²) in [5, 5.41) is 5.22. The topological polar surface area (TPSA) is 44.8 Å². The van der Waals surface area contributed by atoms with Crippen LogP contribution in [0, 0.1) is 0 Å². The molecule has 0 saturated carbocycles. The van der Waals surface area contributed by atoms with Crippen LogP contribution in [-0.4, -0.2) is 68.2 Å². The summed E-state index contributed by atoms with van der Waals surface area (Å²) in [7, 11) is 2.16. The lowest BCUT2D eigenvalue weighted by molar-refractivity contribution is -0.130. The number of ether oxygens (including phenoxy) is 1. The fourth-order valence-corrected chi connectivity index (χ4v) is 3.98. The highest BCUT2D eigenvalue weighted by Crippen LogP contribution is 2.25. The summed E-state index contributed by atoms with van der Waals surface area (Å²) in [6.07, 6.45) is 1.60. The average molecular weight is 323 g/mol. The number of carbonyl (C=O) groups is 1. The Bertz CT molecular complexity index is 466. The second kappa shape index (κ2) is 7.55. The van der Waals surface area contributed by atoms with Gasteiger partial charge in [0.25, 0.3) is 0 Å². The van der Waals surface area contributed by atoms with Gasteiger partial charge in [0.05, 0.1) is 6.04 Å². The molecule has 0 bridgehead atoms. The lowest BCUT2D eigenvalue weighted by atomic mass is 10.1. The highest BCUT2D eigenvalue weighted by Gasteiger charge is 2.28. The third kappa shape index (κ3) is 3.87. The number of nitrogens with zero attached hydrogens (tertiary/aromatic N) is 2. The number of hydrogen-bond acceptors (Lipinski definition) is 5. The Balaban J connectivity index is 1.60. The van der Waals surface area contributed by atoms with Gasteiger partial charge in [0.15, 0.2) is 0 Å². The zero-order valence-corrected chi connectivity index (χ0v) is 14.0. The summed E-state index contributed by atoms with van der Waals surface area (Å²) in [5.41, 5.74) is 0. The standard InChI is InChI=1S/C16H25N3O2S/c1-18-6-8-19(9-7-18)13(15-5-3-11-22-15)12-17-16(20)14-4-2-10-21-14/h3,5,11,13-14H,2,4,6-10,12H2,1H3,(H,17,20)/t13-,14-/m1/s1. The third-order valence-corrected chi connectivity index (χ3v) is 5.52. The maximum Gasteiger partial charge on any atom is 0.249 e. The van der Waals surface area contributed by atoms with Crippen molar-refractivity contribution in [2.75, 3.05) is 46.4 Å². The Morgan fingerprint density at radius 3 is 2.91 bits per heavy atom. The first-order valence-electron chi connectivity index (χ1n) is 8.09. The monoisotopic (exact) mass is 323 g/mol.